The lowest BCUT2D eigenvalue weighted by atomic mass is 9.78. The van der Waals surface area contributed by atoms with Crippen LogP contribution in [0.1, 0.15) is 30.5 Å². The third-order valence-corrected chi connectivity index (χ3v) is 4.50. The molecular formula is C17H18N4O. The van der Waals surface area contributed by atoms with Crippen LogP contribution in [0.4, 0.5) is 5.95 Å². The summed E-state index contributed by atoms with van der Waals surface area (Å²) in [4.78, 5) is 17.0. The van der Waals surface area contributed by atoms with E-state index in [0.29, 0.717) is 12.4 Å². The largest absolute Gasteiger partial charge is 0.328 e. The van der Waals surface area contributed by atoms with Crippen molar-refractivity contribution in [2.45, 2.75) is 26.3 Å². The van der Waals surface area contributed by atoms with Crippen molar-refractivity contribution in [3.05, 3.63) is 53.5 Å². The van der Waals surface area contributed by atoms with E-state index < -0.39 is 0 Å². The van der Waals surface area contributed by atoms with Crippen molar-refractivity contribution in [2.75, 3.05) is 5.32 Å². The van der Waals surface area contributed by atoms with Crippen LogP contribution < -0.4 is 5.32 Å². The van der Waals surface area contributed by atoms with Gasteiger partial charge in [0.05, 0.1) is 12.0 Å². The second-order valence-corrected chi connectivity index (χ2v) is 6.26. The molecule has 112 valence electrons. The molecule has 0 unspecified atom stereocenters. The van der Waals surface area contributed by atoms with Crippen LogP contribution in [-0.2, 0) is 4.79 Å². The van der Waals surface area contributed by atoms with Crippen molar-refractivity contribution in [3.8, 4) is 0 Å². The summed E-state index contributed by atoms with van der Waals surface area (Å²) in [5, 5.41) is 7.63. The lowest BCUT2D eigenvalue weighted by Gasteiger charge is -2.37. The summed E-state index contributed by atoms with van der Waals surface area (Å²) in [5.41, 5.74) is 3.27. The Morgan fingerprint density at radius 1 is 1.27 bits per heavy atom. The lowest BCUT2D eigenvalue weighted by Crippen LogP contribution is -2.40. The van der Waals surface area contributed by atoms with Gasteiger partial charge in [-0.3, -0.25) is 4.79 Å². The Morgan fingerprint density at radius 3 is 2.82 bits per heavy atom. The van der Waals surface area contributed by atoms with Crippen molar-refractivity contribution in [2.24, 2.45) is 11.8 Å². The average molecular weight is 294 g/mol. The summed E-state index contributed by atoms with van der Waals surface area (Å²) >= 11 is 0. The third-order valence-electron chi connectivity index (χ3n) is 4.50. The number of rotatable bonds is 1. The first-order valence-corrected chi connectivity index (χ1v) is 7.61. The summed E-state index contributed by atoms with van der Waals surface area (Å²) in [5.74, 6) is 1.03. The van der Waals surface area contributed by atoms with Crippen LogP contribution in [0.3, 0.4) is 0 Å². The smallest absolute Gasteiger partial charge is 0.226 e. The number of Topliss-reactive ketones (excluding diaryl/α,β-unsaturated/α-hetero) is 1. The molecule has 5 heteroatoms. The molecule has 3 atom stereocenters. The quantitative estimate of drug-likeness (QED) is 0.878. The number of fused-ring (bicyclic) bond motifs is 2. The standard InChI is InChI=1S/C17H18N4O/c1-10-3-5-12(6-4-10)16-15-13(7-11(2)8-14(15)22)20-17-18-9-19-21(16)17/h3-7,9,11,15-16H,8H2,1-2H3,(H,18,19,20)/t11-,15+,16+/m0/s1. The molecule has 0 fully saturated rings. The van der Waals surface area contributed by atoms with Gasteiger partial charge in [-0.2, -0.15) is 10.1 Å². The van der Waals surface area contributed by atoms with Gasteiger partial charge in [-0.25, -0.2) is 4.68 Å². The molecule has 4 rings (SSSR count). The van der Waals surface area contributed by atoms with E-state index in [1.807, 2.05) is 4.68 Å². The molecule has 2 heterocycles. The van der Waals surface area contributed by atoms with E-state index in [2.05, 4.69) is 59.6 Å². The van der Waals surface area contributed by atoms with Gasteiger partial charge in [-0.15, -0.1) is 0 Å². The molecule has 0 saturated heterocycles. The minimum absolute atomic E-state index is 0.120. The van der Waals surface area contributed by atoms with Gasteiger partial charge in [0, 0.05) is 12.1 Å². The summed E-state index contributed by atoms with van der Waals surface area (Å²) in [6.07, 6.45) is 4.28. The Bertz CT molecular complexity index is 759. The molecule has 0 saturated carbocycles. The number of hydrogen-bond donors (Lipinski definition) is 1. The molecule has 1 N–H and O–H groups in total. The van der Waals surface area contributed by atoms with Crippen LogP contribution in [0, 0.1) is 18.8 Å². The number of allylic oxidation sites excluding steroid dienone is 2. The topological polar surface area (TPSA) is 59.8 Å². The van der Waals surface area contributed by atoms with Crippen molar-refractivity contribution >= 4 is 11.7 Å². The lowest BCUT2D eigenvalue weighted by molar-refractivity contribution is -0.123. The summed E-state index contributed by atoms with van der Waals surface area (Å²) in [7, 11) is 0. The first-order valence-electron chi connectivity index (χ1n) is 7.61. The SMILES string of the molecule is Cc1ccc([C@@H]2[C@H]3C(=O)C[C@@H](C)C=C3Nc3ncnn32)cc1. The summed E-state index contributed by atoms with van der Waals surface area (Å²) in [6.45, 7) is 4.13. The number of benzene rings is 1. The Kier molecular flexibility index (Phi) is 2.89. The minimum Gasteiger partial charge on any atom is -0.328 e. The molecule has 0 bridgehead atoms. The second-order valence-electron chi connectivity index (χ2n) is 6.26. The van der Waals surface area contributed by atoms with Crippen LogP contribution in [-0.4, -0.2) is 20.5 Å². The van der Waals surface area contributed by atoms with Crippen LogP contribution >= 0.6 is 0 Å². The van der Waals surface area contributed by atoms with Gasteiger partial charge < -0.3 is 5.32 Å². The maximum absolute atomic E-state index is 12.7. The van der Waals surface area contributed by atoms with E-state index in [0.717, 1.165) is 11.3 Å². The van der Waals surface area contributed by atoms with Gasteiger partial charge in [0.25, 0.3) is 0 Å². The van der Waals surface area contributed by atoms with Gasteiger partial charge in [0.1, 0.15) is 12.1 Å². The highest BCUT2D eigenvalue weighted by Gasteiger charge is 2.42. The Balaban J connectivity index is 1.88. The van der Waals surface area contributed by atoms with Gasteiger partial charge in [0.2, 0.25) is 5.95 Å². The molecule has 22 heavy (non-hydrogen) atoms. The number of anilines is 1. The highest BCUT2D eigenvalue weighted by molar-refractivity contribution is 5.87. The molecule has 5 nitrogen and oxygen atoms in total. The molecular weight excluding hydrogens is 276 g/mol. The minimum atomic E-state index is -0.201. The number of aryl methyl sites for hydroxylation is 1. The molecule has 0 radical (unpaired) electrons. The van der Waals surface area contributed by atoms with Crippen LogP contribution in [0.5, 0.6) is 0 Å². The van der Waals surface area contributed by atoms with Gasteiger partial charge in [-0.1, -0.05) is 42.8 Å². The number of ketones is 1. The normalized spacial score (nSPS) is 26.7. The second kappa shape index (κ2) is 4.80. The molecule has 2 aromatic rings. The molecule has 0 spiro atoms. The zero-order valence-electron chi connectivity index (χ0n) is 12.7. The van der Waals surface area contributed by atoms with E-state index in [-0.39, 0.29) is 23.7 Å². The fourth-order valence-electron chi connectivity index (χ4n) is 3.46. The predicted molar refractivity (Wildman–Crippen MR) is 83.3 cm³/mol. The average Bonchev–Trinajstić information content (AvgIpc) is 2.93. The Labute approximate surface area is 129 Å². The van der Waals surface area contributed by atoms with E-state index >= 15 is 0 Å². The molecule has 2 aliphatic rings. The molecule has 0 amide bonds. The Hall–Kier alpha value is -2.43. The number of nitrogens with one attached hydrogen (secondary N) is 1. The van der Waals surface area contributed by atoms with E-state index in [1.165, 1.54) is 11.9 Å². The maximum atomic E-state index is 12.7. The zero-order valence-corrected chi connectivity index (χ0v) is 12.7. The molecule has 1 aliphatic heterocycles. The first kappa shape index (κ1) is 13.2. The van der Waals surface area contributed by atoms with Crippen molar-refractivity contribution < 1.29 is 4.79 Å². The molecule has 1 aromatic carbocycles. The van der Waals surface area contributed by atoms with Crippen LogP contribution in [0.25, 0.3) is 0 Å². The van der Waals surface area contributed by atoms with E-state index in [1.54, 1.807) is 0 Å². The van der Waals surface area contributed by atoms with E-state index in [4.69, 9.17) is 0 Å². The zero-order chi connectivity index (χ0) is 15.3. The van der Waals surface area contributed by atoms with Crippen molar-refractivity contribution in [1.82, 2.24) is 14.8 Å². The fraction of sp³-hybridized carbons (Fsp3) is 0.353. The summed E-state index contributed by atoms with van der Waals surface area (Å²) < 4.78 is 1.83. The highest BCUT2D eigenvalue weighted by atomic mass is 16.1. The van der Waals surface area contributed by atoms with Crippen molar-refractivity contribution in [3.63, 3.8) is 0 Å². The molecule has 1 aromatic heterocycles. The Morgan fingerprint density at radius 2 is 2.05 bits per heavy atom. The van der Waals surface area contributed by atoms with Crippen LogP contribution in [0.15, 0.2) is 42.4 Å². The van der Waals surface area contributed by atoms with Gasteiger partial charge >= 0.3 is 0 Å². The predicted octanol–water partition coefficient (Wildman–Crippen LogP) is 2.71. The van der Waals surface area contributed by atoms with E-state index in [9.17, 15) is 4.79 Å². The fourth-order valence-corrected chi connectivity index (χ4v) is 3.46. The van der Waals surface area contributed by atoms with Gasteiger partial charge in [0.15, 0.2) is 0 Å². The number of nitrogens with zero attached hydrogens (tertiary/aromatic N) is 3. The third kappa shape index (κ3) is 1.96. The number of hydrogen-bond acceptors (Lipinski definition) is 4. The highest BCUT2D eigenvalue weighted by Crippen LogP contribution is 2.41. The van der Waals surface area contributed by atoms with Gasteiger partial charge in [-0.05, 0) is 18.4 Å². The number of carbonyl (C=O) groups is 1. The number of aromatic nitrogens is 3. The summed E-state index contributed by atoms with van der Waals surface area (Å²) in [6, 6.07) is 8.20. The first-order chi connectivity index (χ1) is 10.6. The molecule has 1 aliphatic carbocycles. The monoisotopic (exact) mass is 294 g/mol. The number of carbonyl (C=O) groups excluding carboxylic acids is 1. The van der Waals surface area contributed by atoms with Crippen molar-refractivity contribution in [1.29, 1.82) is 0 Å². The van der Waals surface area contributed by atoms with Crippen LogP contribution in [0.2, 0.25) is 0 Å². The maximum Gasteiger partial charge on any atom is 0.226 e.